The van der Waals surface area contributed by atoms with E-state index in [0.29, 0.717) is 6.04 Å². The van der Waals surface area contributed by atoms with Gasteiger partial charge in [-0.3, -0.25) is 0 Å². The van der Waals surface area contributed by atoms with Gasteiger partial charge in [0.15, 0.2) is 0 Å². The van der Waals surface area contributed by atoms with Crippen LogP contribution in [0.15, 0.2) is 30.3 Å². The summed E-state index contributed by atoms with van der Waals surface area (Å²) in [5.41, 5.74) is 1.33. The molecule has 0 aromatic heterocycles. The van der Waals surface area contributed by atoms with E-state index in [2.05, 4.69) is 49.5 Å². The summed E-state index contributed by atoms with van der Waals surface area (Å²) >= 11 is 0. The fourth-order valence-electron chi connectivity index (χ4n) is 3.08. The molecule has 0 aliphatic heterocycles. The molecule has 1 fully saturated rings. The Labute approximate surface area is 123 Å². The summed E-state index contributed by atoms with van der Waals surface area (Å²) in [6.45, 7) is 6.38. The van der Waals surface area contributed by atoms with Crippen LogP contribution in [0.25, 0.3) is 0 Å². The van der Waals surface area contributed by atoms with Gasteiger partial charge < -0.3 is 10.1 Å². The average Bonchev–Trinajstić information content (AvgIpc) is 3.00. The number of hydrogen-bond donors (Lipinski definition) is 1. The maximum absolute atomic E-state index is 6.18. The van der Waals surface area contributed by atoms with Crippen molar-refractivity contribution in [3.8, 4) is 0 Å². The number of nitrogens with one attached hydrogen (secondary N) is 1. The molecule has 0 radical (unpaired) electrons. The Morgan fingerprint density at radius 1 is 1.20 bits per heavy atom. The maximum atomic E-state index is 6.18. The van der Waals surface area contributed by atoms with E-state index in [9.17, 15) is 0 Å². The molecule has 2 unspecified atom stereocenters. The Kier molecular flexibility index (Phi) is 6.55. The van der Waals surface area contributed by atoms with Gasteiger partial charge in [-0.1, -0.05) is 50.1 Å². The smallest absolute Gasteiger partial charge is 0.0741 e. The van der Waals surface area contributed by atoms with Crippen LogP contribution in [0, 0.1) is 5.92 Å². The van der Waals surface area contributed by atoms with E-state index in [1.165, 1.54) is 31.2 Å². The van der Waals surface area contributed by atoms with Crippen LogP contribution >= 0.6 is 0 Å². The predicted octanol–water partition coefficient (Wildman–Crippen LogP) is 4.32. The lowest BCUT2D eigenvalue weighted by atomic mass is 10.0. The number of ether oxygens (including phenoxy) is 1. The molecule has 2 nitrogen and oxygen atoms in total. The third-order valence-electron chi connectivity index (χ3n) is 4.31. The van der Waals surface area contributed by atoms with Crippen LogP contribution in [0.4, 0.5) is 0 Å². The van der Waals surface area contributed by atoms with Crippen LogP contribution in [0.2, 0.25) is 0 Å². The van der Waals surface area contributed by atoms with Gasteiger partial charge in [0.1, 0.15) is 0 Å². The molecular formula is C18H29NO. The van der Waals surface area contributed by atoms with Crippen molar-refractivity contribution >= 4 is 0 Å². The molecule has 2 heteroatoms. The summed E-state index contributed by atoms with van der Waals surface area (Å²) in [5, 5.41) is 3.64. The van der Waals surface area contributed by atoms with Crippen molar-refractivity contribution in [3.63, 3.8) is 0 Å². The highest BCUT2D eigenvalue weighted by molar-refractivity contribution is 5.19. The Morgan fingerprint density at radius 2 is 1.90 bits per heavy atom. The van der Waals surface area contributed by atoms with Crippen molar-refractivity contribution in [2.24, 2.45) is 5.92 Å². The molecule has 20 heavy (non-hydrogen) atoms. The topological polar surface area (TPSA) is 21.3 Å². The second-order valence-corrected chi connectivity index (χ2v) is 6.03. The zero-order valence-corrected chi connectivity index (χ0v) is 13.0. The third-order valence-corrected chi connectivity index (χ3v) is 4.31. The first kappa shape index (κ1) is 15.5. The Hall–Kier alpha value is -0.860. The van der Waals surface area contributed by atoms with Gasteiger partial charge in [-0.05, 0) is 44.2 Å². The highest BCUT2D eigenvalue weighted by atomic mass is 16.5. The summed E-state index contributed by atoms with van der Waals surface area (Å²) in [4.78, 5) is 0. The molecule has 0 amide bonds. The first-order valence-electron chi connectivity index (χ1n) is 8.21. The molecule has 2 atom stereocenters. The van der Waals surface area contributed by atoms with Gasteiger partial charge in [-0.15, -0.1) is 0 Å². The molecule has 0 heterocycles. The van der Waals surface area contributed by atoms with E-state index in [1.807, 2.05) is 0 Å². The molecule has 1 N–H and O–H groups in total. The summed E-state index contributed by atoms with van der Waals surface area (Å²) in [6.07, 6.45) is 6.86. The van der Waals surface area contributed by atoms with E-state index in [0.717, 1.165) is 25.5 Å². The van der Waals surface area contributed by atoms with Gasteiger partial charge >= 0.3 is 0 Å². The van der Waals surface area contributed by atoms with Crippen LogP contribution in [0.5, 0.6) is 0 Å². The van der Waals surface area contributed by atoms with Crippen LogP contribution in [-0.4, -0.2) is 19.3 Å². The molecule has 1 aromatic rings. The van der Waals surface area contributed by atoms with Crippen molar-refractivity contribution in [1.29, 1.82) is 0 Å². The largest absolute Gasteiger partial charge is 0.376 e. The summed E-state index contributed by atoms with van der Waals surface area (Å²) in [6, 6.07) is 11.0. The summed E-state index contributed by atoms with van der Waals surface area (Å²) in [7, 11) is 0. The molecule has 1 aliphatic rings. The molecule has 0 spiro atoms. The minimum atomic E-state index is 0.226. The average molecular weight is 275 g/mol. The summed E-state index contributed by atoms with van der Waals surface area (Å²) in [5.74, 6) is 0.792. The second kappa shape index (κ2) is 8.43. The zero-order chi connectivity index (χ0) is 14.2. The van der Waals surface area contributed by atoms with Gasteiger partial charge in [-0.2, -0.15) is 0 Å². The van der Waals surface area contributed by atoms with E-state index in [4.69, 9.17) is 4.74 Å². The lowest BCUT2D eigenvalue weighted by Crippen LogP contribution is -2.33. The lowest BCUT2D eigenvalue weighted by molar-refractivity contribution is 0.0178. The fourth-order valence-corrected chi connectivity index (χ4v) is 3.08. The highest BCUT2D eigenvalue weighted by Crippen LogP contribution is 2.26. The minimum Gasteiger partial charge on any atom is -0.376 e. The standard InChI is InChI=1S/C18H29NO/c1-3-13-19-18(17-11-5-4-6-12-17)15(2)20-14-16-9-7-8-10-16/h4-6,11-12,15-16,18-19H,3,7-10,13-14H2,1-2H3. The predicted molar refractivity (Wildman–Crippen MR) is 84.8 cm³/mol. The molecule has 1 saturated carbocycles. The monoisotopic (exact) mass is 275 g/mol. The molecule has 1 aromatic carbocycles. The van der Waals surface area contributed by atoms with Crippen molar-refractivity contribution in [2.75, 3.05) is 13.2 Å². The third kappa shape index (κ3) is 4.60. The number of rotatable bonds is 8. The van der Waals surface area contributed by atoms with Crippen LogP contribution in [0.3, 0.4) is 0 Å². The Balaban J connectivity index is 1.90. The lowest BCUT2D eigenvalue weighted by Gasteiger charge is -2.27. The van der Waals surface area contributed by atoms with E-state index in [-0.39, 0.29) is 6.10 Å². The molecule has 1 aliphatic carbocycles. The molecule has 0 bridgehead atoms. The molecule has 112 valence electrons. The Bertz CT molecular complexity index is 359. The van der Waals surface area contributed by atoms with Gasteiger partial charge in [0.2, 0.25) is 0 Å². The van der Waals surface area contributed by atoms with E-state index in [1.54, 1.807) is 0 Å². The highest BCUT2D eigenvalue weighted by Gasteiger charge is 2.22. The number of benzene rings is 1. The fraction of sp³-hybridized carbons (Fsp3) is 0.667. The van der Waals surface area contributed by atoms with Crippen LogP contribution in [-0.2, 0) is 4.74 Å². The zero-order valence-electron chi connectivity index (χ0n) is 13.0. The summed E-state index contributed by atoms with van der Waals surface area (Å²) < 4.78 is 6.18. The van der Waals surface area contributed by atoms with Gasteiger partial charge in [0, 0.05) is 6.61 Å². The maximum Gasteiger partial charge on any atom is 0.0741 e. The molecule has 2 rings (SSSR count). The first-order valence-corrected chi connectivity index (χ1v) is 8.21. The second-order valence-electron chi connectivity index (χ2n) is 6.03. The molecular weight excluding hydrogens is 246 g/mol. The van der Waals surface area contributed by atoms with Crippen molar-refractivity contribution < 1.29 is 4.74 Å². The number of hydrogen-bond acceptors (Lipinski definition) is 2. The molecule has 0 saturated heterocycles. The van der Waals surface area contributed by atoms with Crippen molar-refractivity contribution in [1.82, 2.24) is 5.32 Å². The van der Waals surface area contributed by atoms with E-state index < -0.39 is 0 Å². The SMILES string of the molecule is CCCNC(c1ccccc1)C(C)OCC1CCCC1. The first-order chi connectivity index (χ1) is 9.81. The van der Waals surface area contributed by atoms with Crippen LogP contribution < -0.4 is 5.32 Å². The minimum absolute atomic E-state index is 0.226. The normalized spacial score (nSPS) is 19.1. The quantitative estimate of drug-likeness (QED) is 0.763. The van der Waals surface area contributed by atoms with E-state index >= 15 is 0 Å². The van der Waals surface area contributed by atoms with Gasteiger partial charge in [-0.25, -0.2) is 0 Å². The van der Waals surface area contributed by atoms with Crippen LogP contribution in [0.1, 0.15) is 57.6 Å². The van der Waals surface area contributed by atoms with Gasteiger partial charge in [0.05, 0.1) is 12.1 Å². The van der Waals surface area contributed by atoms with Gasteiger partial charge in [0.25, 0.3) is 0 Å². The van der Waals surface area contributed by atoms with Crippen molar-refractivity contribution in [2.45, 2.75) is 58.1 Å². The Morgan fingerprint density at radius 3 is 2.55 bits per heavy atom. The van der Waals surface area contributed by atoms with Crippen molar-refractivity contribution in [3.05, 3.63) is 35.9 Å².